The lowest BCUT2D eigenvalue weighted by atomic mass is 10.0. The molecule has 1 aromatic heterocycles. The molecule has 3 rings (SSSR count). The van der Waals surface area contributed by atoms with Crippen LogP contribution in [0.25, 0.3) is 0 Å². The number of hydrogen-bond donors (Lipinski definition) is 1. The highest BCUT2D eigenvalue weighted by molar-refractivity contribution is 7.09. The summed E-state index contributed by atoms with van der Waals surface area (Å²) in [6, 6.07) is -0.612. The summed E-state index contributed by atoms with van der Waals surface area (Å²) in [4.78, 5) is 30.8. The van der Waals surface area contributed by atoms with Crippen LogP contribution in [0.5, 0.6) is 0 Å². The second kappa shape index (κ2) is 5.52. The first-order chi connectivity index (χ1) is 9.70. The Labute approximate surface area is 122 Å². The zero-order valence-corrected chi connectivity index (χ0v) is 12.4. The predicted octanol–water partition coefficient (Wildman–Crippen LogP) is 1.20. The van der Waals surface area contributed by atoms with E-state index in [1.54, 1.807) is 22.4 Å². The lowest BCUT2D eigenvalue weighted by Gasteiger charge is -2.38. The second-order valence-electron chi connectivity index (χ2n) is 5.46. The molecule has 1 aromatic rings. The van der Waals surface area contributed by atoms with E-state index in [1.165, 1.54) is 0 Å². The van der Waals surface area contributed by atoms with Gasteiger partial charge in [0.05, 0.1) is 5.01 Å². The average molecular weight is 293 g/mol. The number of nitrogens with one attached hydrogen (secondary N) is 1. The van der Waals surface area contributed by atoms with Crippen molar-refractivity contribution in [2.75, 3.05) is 6.54 Å². The molecule has 5 nitrogen and oxygen atoms in total. The summed E-state index contributed by atoms with van der Waals surface area (Å²) >= 11 is 1.59. The lowest BCUT2D eigenvalue weighted by Crippen LogP contribution is -2.64. The minimum Gasteiger partial charge on any atom is -0.342 e. The average Bonchev–Trinajstić information content (AvgIpc) is 3.15. The van der Waals surface area contributed by atoms with Crippen LogP contribution in [0, 0.1) is 5.92 Å². The molecule has 0 bridgehead atoms. The first-order valence-electron chi connectivity index (χ1n) is 7.20. The van der Waals surface area contributed by atoms with Gasteiger partial charge in [-0.2, -0.15) is 0 Å². The second-order valence-corrected chi connectivity index (χ2v) is 6.43. The van der Waals surface area contributed by atoms with Crippen molar-refractivity contribution in [3.63, 3.8) is 0 Å². The summed E-state index contributed by atoms with van der Waals surface area (Å²) in [7, 11) is 0. The molecule has 1 aliphatic carbocycles. The predicted molar refractivity (Wildman–Crippen MR) is 76.3 cm³/mol. The Morgan fingerprint density at radius 1 is 1.45 bits per heavy atom. The molecule has 1 saturated carbocycles. The van der Waals surface area contributed by atoms with Gasteiger partial charge in [0.2, 0.25) is 11.8 Å². The van der Waals surface area contributed by atoms with Crippen LogP contribution in [0.4, 0.5) is 0 Å². The van der Waals surface area contributed by atoms with Gasteiger partial charge in [0.25, 0.3) is 0 Å². The molecule has 2 atom stereocenters. The zero-order chi connectivity index (χ0) is 14.1. The maximum absolute atomic E-state index is 12.6. The lowest BCUT2D eigenvalue weighted by molar-refractivity contribution is -0.150. The van der Waals surface area contributed by atoms with Gasteiger partial charge in [-0.15, -0.1) is 11.3 Å². The Bertz CT molecular complexity index is 499. The fourth-order valence-electron chi connectivity index (χ4n) is 2.80. The molecule has 2 aliphatic rings. The first kappa shape index (κ1) is 13.5. The monoisotopic (exact) mass is 293 g/mol. The van der Waals surface area contributed by atoms with Gasteiger partial charge < -0.3 is 10.2 Å². The number of rotatable bonds is 5. The third-order valence-electron chi connectivity index (χ3n) is 4.06. The van der Waals surface area contributed by atoms with E-state index in [1.807, 2.05) is 12.3 Å². The number of hydrogen-bond acceptors (Lipinski definition) is 4. The van der Waals surface area contributed by atoms with Crippen LogP contribution >= 0.6 is 11.3 Å². The normalized spacial score (nSPS) is 26.8. The largest absolute Gasteiger partial charge is 0.342 e. The van der Waals surface area contributed by atoms with Gasteiger partial charge in [-0.05, 0) is 25.2 Å². The van der Waals surface area contributed by atoms with E-state index in [-0.39, 0.29) is 23.9 Å². The van der Waals surface area contributed by atoms with E-state index in [2.05, 4.69) is 10.3 Å². The van der Waals surface area contributed by atoms with Crippen molar-refractivity contribution in [2.45, 2.75) is 44.7 Å². The molecule has 2 unspecified atom stereocenters. The van der Waals surface area contributed by atoms with Gasteiger partial charge in [0.15, 0.2) is 0 Å². The van der Waals surface area contributed by atoms with Crippen molar-refractivity contribution in [3.05, 3.63) is 16.6 Å². The molecule has 0 spiro atoms. The highest BCUT2D eigenvalue weighted by Crippen LogP contribution is 2.35. The van der Waals surface area contributed by atoms with E-state index in [9.17, 15) is 9.59 Å². The summed E-state index contributed by atoms with van der Waals surface area (Å²) in [6.45, 7) is 2.53. The number of carbonyl (C=O) groups is 2. The third kappa shape index (κ3) is 2.57. The Morgan fingerprint density at radius 2 is 2.25 bits per heavy atom. The molecule has 20 heavy (non-hydrogen) atoms. The molecule has 2 amide bonds. The molecule has 1 saturated heterocycles. The van der Waals surface area contributed by atoms with E-state index in [0.717, 1.165) is 24.3 Å². The van der Waals surface area contributed by atoms with Crippen LogP contribution in [0.3, 0.4) is 0 Å². The van der Waals surface area contributed by atoms with Crippen molar-refractivity contribution < 1.29 is 9.59 Å². The summed E-state index contributed by atoms with van der Waals surface area (Å²) in [5.41, 5.74) is 0. The third-order valence-corrected chi connectivity index (χ3v) is 4.90. The highest BCUT2D eigenvalue weighted by atomic mass is 32.1. The van der Waals surface area contributed by atoms with E-state index < -0.39 is 0 Å². The molecule has 2 heterocycles. The summed E-state index contributed by atoms with van der Waals surface area (Å²) in [6.07, 6.45) is 5.26. The number of amides is 2. The molecule has 1 aliphatic heterocycles. The van der Waals surface area contributed by atoms with Crippen molar-refractivity contribution >= 4 is 23.2 Å². The Kier molecular flexibility index (Phi) is 3.74. The van der Waals surface area contributed by atoms with Crippen LogP contribution in [0.15, 0.2) is 11.6 Å². The smallest absolute Gasteiger partial charge is 0.246 e. The Morgan fingerprint density at radius 3 is 2.85 bits per heavy atom. The van der Waals surface area contributed by atoms with Crippen LogP contribution in [-0.2, 0) is 16.0 Å². The number of thiazole rings is 1. The minimum atomic E-state index is -0.322. The number of nitrogens with zero attached hydrogens (tertiary/aromatic N) is 2. The standard InChI is InChI=1S/C14H19N3O2S/c1-2-10-13(18)16-12(9-3-4-9)14(19)17(10)7-5-11-15-6-8-20-11/h6,8-10,12H,2-5,7H2,1H3,(H,16,18). The maximum atomic E-state index is 12.6. The zero-order valence-electron chi connectivity index (χ0n) is 11.5. The highest BCUT2D eigenvalue weighted by Gasteiger charge is 2.46. The molecule has 0 aromatic carbocycles. The topological polar surface area (TPSA) is 62.3 Å². The van der Waals surface area contributed by atoms with Crippen LogP contribution < -0.4 is 5.32 Å². The van der Waals surface area contributed by atoms with Crippen molar-refractivity contribution in [2.24, 2.45) is 5.92 Å². The molecule has 2 fully saturated rings. The van der Waals surface area contributed by atoms with Crippen molar-refractivity contribution in [3.8, 4) is 0 Å². The summed E-state index contributed by atoms with van der Waals surface area (Å²) in [5, 5.41) is 5.86. The molecule has 6 heteroatoms. The summed E-state index contributed by atoms with van der Waals surface area (Å²) < 4.78 is 0. The molecule has 1 N–H and O–H groups in total. The number of aromatic nitrogens is 1. The Hall–Kier alpha value is -1.43. The first-order valence-corrected chi connectivity index (χ1v) is 8.08. The van der Waals surface area contributed by atoms with Crippen molar-refractivity contribution in [1.29, 1.82) is 0 Å². The summed E-state index contributed by atoms with van der Waals surface area (Å²) in [5.74, 6) is 0.449. The molecular weight excluding hydrogens is 274 g/mol. The van der Waals surface area contributed by atoms with Crippen LogP contribution in [0.2, 0.25) is 0 Å². The Balaban J connectivity index is 1.72. The molecule has 108 valence electrons. The fraction of sp³-hybridized carbons (Fsp3) is 0.643. The van der Waals surface area contributed by atoms with Gasteiger partial charge in [0, 0.05) is 24.5 Å². The van der Waals surface area contributed by atoms with Crippen LogP contribution in [0.1, 0.15) is 31.2 Å². The van der Waals surface area contributed by atoms with Crippen LogP contribution in [-0.4, -0.2) is 40.3 Å². The molecular formula is C14H19N3O2S. The fourth-order valence-corrected chi connectivity index (χ4v) is 3.41. The molecule has 0 radical (unpaired) electrons. The SMILES string of the molecule is CCC1C(=O)NC(C2CC2)C(=O)N1CCc1nccs1. The van der Waals surface area contributed by atoms with Gasteiger partial charge in [-0.1, -0.05) is 6.92 Å². The number of piperazine rings is 1. The van der Waals surface area contributed by atoms with Gasteiger partial charge in [0.1, 0.15) is 12.1 Å². The number of carbonyl (C=O) groups excluding carboxylic acids is 2. The quantitative estimate of drug-likeness (QED) is 0.887. The van der Waals surface area contributed by atoms with Crippen molar-refractivity contribution in [1.82, 2.24) is 15.2 Å². The van der Waals surface area contributed by atoms with Gasteiger partial charge in [-0.25, -0.2) is 4.98 Å². The van der Waals surface area contributed by atoms with Gasteiger partial charge in [-0.3, -0.25) is 9.59 Å². The maximum Gasteiger partial charge on any atom is 0.246 e. The minimum absolute atomic E-state index is 0.00291. The van der Waals surface area contributed by atoms with E-state index in [0.29, 0.717) is 18.9 Å². The van der Waals surface area contributed by atoms with E-state index >= 15 is 0 Å². The van der Waals surface area contributed by atoms with Gasteiger partial charge >= 0.3 is 0 Å². The van der Waals surface area contributed by atoms with E-state index in [4.69, 9.17) is 0 Å².